The normalized spacial score (nSPS) is 18.3. The molecular formula is C30H39N9O4. The standard InChI is InChI=1S/C30H39N9O4/c1-30(2,3)43-29(41)37-23(12-20-13-31-16-32-20)28(40)38-11-9-19-6-4-8-24(22(19)14-38)42-15-21-7-5-10-39(21)27-25-26(34-17-33-25)35-18-36-27/h4,6,8,13,16,18,21,23,33H,5,7,9-12,14-15,17H2,1-3H3,(H,31,32)(H,37,41)(H,34,35,36). The predicted molar refractivity (Wildman–Crippen MR) is 161 cm³/mol. The fourth-order valence-electron chi connectivity index (χ4n) is 5.94. The summed E-state index contributed by atoms with van der Waals surface area (Å²) in [6.07, 6.45) is 7.20. The molecule has 228 valence electrons. The van der Waals surface area contributed by atoms with Crippen molar-refractivity contribution in [3.8, 4) is 5.75 Å². The summed E-state index contributed by atoms with van der Waals surface area (Å²) in [6.45, 7) is 8.35. The summed E-state index contributed by atoms with van der Waals surface area (Å²) in [5.41, 5.74) is 3.16. The number of hydrogen-bond acceptors (Lipinski definition) is 10. The molecule has 1 aromatic carbocycles. The van der Waals surface area contributed by atoms with Crippen LogP contribution in [0.15, 0.2) is 37.1 Å². The van der Waals surface area contributed by atoms with Crippen LogP contribution in [0.5, 0.6) is 5.75 Å². The minimum Gasteiger partial charge on any atom is -0.491 e. The van der Waals surface area contributed by atoms with Crippen LogP contribution in [-0.2, 0) is 28.9 Å². The predicted octanol–water partition coefficient (Wildman–Crippen LogP) is 3.06. The van der Waals surface area contributed by atoms with Crippen LogP contribution in [0.2, 0.25) is 0 Å². The molecule has 3 aliphatic rings. The van der Waals surface area contributed by atoms with Crippen LogP contribution in [0, 0.1) is 0 Å². The average molecular weight is 590 g/mol. The zero-order valence-electron chi connectivity index (χ0n) is 24.9. The van der Waals surface area contributed by atoms with E-state index < -0.39 is 17.7 Å². The van der Waals surface area contributed by atoms with Gasteiger partial charge < -0.3 is 40.2 Å². The molecule has 1 saturated heterocycles. The number of carbonyl (C=O) groups excluding carboxylic acids is 2. The summed E-state index contributed by atoms with van der Waals surface area (Å²) in [4.78, 5) is 46.6. The Balaban J connectivity index is 1.15. The largest absolute Gasteiger partial charge is 0.491 e. The number of anilines is 3. The summed E-state index contributed by atoms with van der Waals surface area (Å²) >= 11 is 0. The molecule has 0 spiro atoms. The first kappa shape index (κ1) is 28.6. The fourth-order valence-corrected chi connectivity index (χ4v) is 5.94. The van der Waals surface area contributed by atoms with Gasteiger partial charge in [-0.3, -0.25) is 4.79 Å². The Bertz CT molecular complexity index is 1460. The molecule has 1 fully saturated rings. The molecule has 3 aliphatic heterocycles. The fraction of sp³-hybridized carbons (Fsp3) is 0.500. The van der Waals surface area contributed by atoms with Crippen LogP contribution in [0.3, 0.4) is 0 Å². The summed E-state index contributed by atoms with van der Waals surface area (Å²) in [6, 6.07) is 5.43. The van der Waals surface area contributed by atoms with Crippen LogP contribution in [0.1, 0.15) is 50.4 Å². The minimum atomic E-state index is -0.810. The zero-order chi connectivity index (χ0) is 30.0. The molecule has 0 bridgehead atoms. The van der Waals surface area contributed by atoms with E-state index in [0.717, 1.165) is 53.7 Å². The Kier molecular flexibility index (Phi) is 7.96. The number of hydrogen-bond donors (Lipinski definition) is 4. The average Bonchev–Trinajstić information content (AvgIpc) is 3.76. The smallest absolute Gasteiger partial charge is 0.408 e. The number of rotatable bonds is 8. The van der Waals surface area contributed by atoms with E-state index in [0.29, 0.717) is 32.8 Å². The number of amides is 2. The Morgan fingerprint density at radius 3 is 2.88 bits per heavy atom. The van der Waals surface area contributed by atoms with Gasteiger partial charge in [0.1, 0.15) is 36.0 Å². The third-order valence-corrected chi connectivity index (χ3v) is 7.94. The molecule has 6 rings (SSSR count). The molecule has 43 heavy (non-hydrogen) atoms. The first-order valence-corrected chi connectivity index (χ1v) is 14.8. The van der Waals surface area contributed by atoms with Gasteiger partial charge in [0.2, 0.25) is 5.91 Å². The van der Waals surface area contributed by atoms with Crippen LogP contribution in [-0.4, -0.2) is 80.9 Å². The minimum absolute atomic E-state index is 0.162. The van der Waals surface area contributed by atoms with Gasteiger partial charge in [-0.05, 0) is 51.7 Å². The number of nitrogens with one attached hydrogen (secondary N) is 4. The second-order valence-corrected chi connectivity index (χ2v) is 12.1. The van der Waals surface area contributed by atoms with Crippen LogP contribution in [0.25, 0.3) is 0 Å². The maximum atomic E-state index is 13.9. The van der Waals surface area contributed by atoms with Gasteiger partial charge in [-0.15, -0.1) is 0 Å². The molecular weight excluding hydrogens is 550 g/mol. The lowest BCUT2D eigenvalue weighted by Crippen LogP contribution is -2.51. The van der Waals surface area contributed by atoms with Crippen molar-refractivity contribution in [2.75, 3.05) is 41.9 Å². The Labute approximate surface area is 250 Å². The molecule has 0 radical (unpaired) electrons. The third kappa shape index (κ3) is 6.45. The lowest BCUT2D eigenvalue weighted by Gasteiger charge is -2.33. The van der Waals surface area contributed by atoms with Gasteiger partial charge >= 0.3 is 6.09 Å². The lowest BCUT2D eigenvalue weighted by atomic mass is 9.97. The molecule has 2 atom stereocenters. The van der Waals surface area contributed by atoms with E-state index in [2.05, 4.69) is 46.9 Å². The highest BCUT2D eigenvalue weighted by Crippen LogP contribution is 2.36. The number of aromatic nitrogens is 4. The summed E-state index contributed by atoms with van der Waals surface area (Å²) < 4.78 is 12.0. The number of alkyl carbamates (subject to hydrolysis) is 1. The third-order valence-electron chi connectivity index (χ3n) is 7.94. The van der Waals surface area contributed by atoms with Gasteiger partial charge in [0.05, 0.1) is 19.0 Å². The van der Waals surface area contributed by atoms with Crippen LogP contribution in [0.4, 0.5) is 22.1 Å². The highest BCUT2D eigenvalue weighted by molar-refractivity contribution is 5.86. The molecule has 0 saturated carbocycles. The first-order chi connectivity index (χ1) is 20.7. The van der Waals surface area contributed by atoms with Crippen LogP contribution < -0.4 is 25.6 Å². The van der Waals surface area contributed by atoms with Gasteiger partial charge in [0, 0.05) is 43.5 Å². The number of carbonyl (C=O) groups is 2. The molecule has 2 aromatic heterocycles. The molecule has 3 aromatic rings. The van der Waals surface area contributed by atoms with E-state index in [1.54, 1.807) is 44.5 Å². The van der Waals surface area contributed by atoms with E-state index in [1.807, 2.05) is 12.1 Å². The van der Waals surface area contributed by atoms with E-state index >= 15 is 0 Å². The topological polar surface area (TPSA) is 150 Å². The molecule has 4 N–H and O–H groups in total. The van der Waals surface area contributed by atoms with Crippen molar-refractivity contribution in [1.29, 1.82) is 0 Å². The molecule has 13 heteroatoms. The number of imidazole rings is 1. The van der Waals surface area contributed by atoms with Crippen molar-refractivity contribution in [2.45, 2.75) is 70.7 Å². The molecule has 5 heterocycles. The number of H-pyrrole nitrogens is 1. The monoisotopic (exact) mass is 589 g/mol. The van der Waals surface area contributed by atoms with Gasteiger partial charge in [-0.2, -0.15) is 0 Å². The van der Waals surface area contributed by atoms with Gasteiger partial charge in [0.25, 0.3) is 0 Å². The Morgan fingerprint density at radius 1 is 1.19 bits per heavy atom. The van der Waals surface area contributed by atoms with Crippen molar-refractivity contribution in [2.24, 2.45) is 0 Å². The highest BCUT2D eigenvalue weighted by Gasteiger charge is 2.33. The molecule has 2 unspecified atom stereocenters. The molecule has 2 amide bonds. The van der Waals surface area contributed by atoms with E-state index in [4.69, 9.17) is 9.47 Å². The Hall–Kier alpha value is -4.55. The zero-order valence-corrected chi connectivity index (χ0v) is 24.9. The van der Waals surface area contributed by atoms with Crippen molar-refractivity contribution >= 4 is 29.3 Å². The quantitative estimate of drug-likeness (QED) is 0.309. The maximum Gasteiger partial charge on any atom is 0.408 e. The van der Waals surface area contributed by atoms with Crippen molar-refractivity contribution in [3.05, 3.63) is 53.9 Å². The first-order valence-electron chi connectivity index (χ1n) is 14.8. The summed E-state index contributed by atoms with van der Waals surface area (Å²) in [5, 5.41) is 9.37. The Morgan fingerprint density at radius 2 is 2.07 bits per heavy atom. The van der Waals surface area contributed by atoms with Crippen LogP contribution >= 0.6 is 0 Å². The van der Waals surface area contributed by atoms with Crippen molar-refractivity contribution in [3.63, 3.8) is 0 Å². The van der Waals surface area contributed by atoms with Gasteiger partial charge in [0.15, 0.2) is 11.6 Å². The number of aromatic amines is 1. The van der Waals surface area contributed by atoms with Gasteiger partial charge in [-0.25, -0.2) is 19.7 Å². The summed E-state index contributed by atoms with van der Waals surface area (Å²) in [7, 11) is 0. The van der Waals surface area contributed by atoms with E-state index in [1.165, 1.54) is 5.56 Å². The summed E-state index contributed by atoms with van der Waals surface area (Å²) in [5.74, 6) is 2.32. The van der Waals surface area contributed by atoms with Gasteiger partial charge in [-0.1, -0.05) is 12.1 Å². The second-order valence-electron chi connectivity index (χ2n) is 12.1. The van der Waals surface area contributed by atoms with E-state index in [9.17, 15) is 9.59 Å². The van der Waals surface area contributed by atoms with E-state index in [-0.39, 0.29) is 18.4 Å². The lowest BCUT2D eigenvalue weighted by molar-refractivity contribution is -0.134. The van der Waals surface area contributed by atoms with Crippen molar-refractivity contribution in [1.82, 2.24) is 30.2 Å². The van der Waals surface area contributed by atoms with Crippen molar-refractivity contribution < 1.29 is 19.1 Å². The SMILES string of the molecule is CC(C)(C)OC(=O)NC(Cc1cnc[nH]1)C(=O)N1CCc2cccc(OCC3CCCN3c3ncnc4c3NCN4)c2C1. The highest BCUT2D eigenvalue weighted by atomic mass is 16.6. The number of fused-ring (bicyclic) bond motifs is 2. The second kappa shape index (κ2) is 12.0. The maximum absolute atomic E-state index is 13.9. The molecule has 0 aliphatic carbocycles. The number of nitrogens with zero attached hydrogens (tertiary/aromatic N) is 5. The number of benzene rings is 1. The number of ether oxygens (including phenoxy) is 2. The molecule has 13 nitrogen and oxygen atoms in total.